The lowest BCUT2D eigenvalue weighted by molar-refractivity contribution is -0.122. The Hall–Kier alpha value is -1.75. The Kier molecular flexibility index (Phi) is 6.10. The summed E-state index contributed by atoms with van der Waals surface area (Å²) >= 11 is 1.46. The summed E-state index contributed by atoms with van der Waals surface area (Å²) in [6, 6.07) is 4.18. The standard InChI is InChI=1S/C19H26N2O2S/c1-7-20-19-21(8-2)18(22)17(24-19)11-14-10-15(12(3)4)16(23-6)9-13(14)5/h9-12H,7-8H2,1-6H3. The molecule has 0 aliphatic carbocycles. The van der Waals surface area contributed by atoms with Gasteiger partial charge in [-0.2, -0.15) is 0 Å². The number of amidine groups is 1. The van der Waals surface area contributed by atoms with Gasteiger partial charge in [-0.15, -0.1) is 0 Å². The van der Waals surface area contributed by atoms with Crippen LogP contribution >= 0.6 is 11.8 Å². The molecule has 2 rings (SSSR count). The largest absolute Gasteiger partial charge is 0.496 e. The molecule has 0 aromatic heterocycles. The van der Waals surface area contributed by atoms with Gasteiger partial charge in [-0.05, 0) is 73.4 Å². The van der Waals surface area contributed by atoms with Crippen molar-refractivity contribution in [1.82, 2.24) is 4.90 Å². The zero-order valence-electron chi connectivity index (χ0n) is 15.3. The summed E-state index contributed by atoms with van der Waals surface area (Å²) < 4.78 is 5.50. The Bertz CT molecular complexity index is 693. The number of likely N-dealkylation sites (N-methyl/N-ethyl adjacent to an activating group) is 1. The molecule has 0 N–H and O–H groups in total. The third-order valence-electron chi connectivity index (χ3n) is 4.02. The minimum absolute atomic E-state index is 0.0380. The van der Waals surface area contributed by atoms with Crippen molar-refractivity contribution in [3.05, 3.63) is 33.7 Å². The second-order valence-corrected chi connectivity index (χ2v) is 7.03. The van der Waals surface area contributed by atoms with E-state index in [4.69, 9.17) is 4.74 Å². The van der Waals surface area contributed by atoms with Crippen LogP contribution in [0.25, 0.3) is 6.08 Å². The maximum absolute atomic E-state index is 12.6. The van der Waals surface area contributed by atoms with Crippen LogP contribution in [-0.4, -0.2) is 36.2 Å². The molecule has 0 radical (unpaired) electrons. The smallest absolute Gasteiger partial charge is 0.266 e. The lowest BCUT2D eigenvalue weighted by Gasteiger charge is -2.15. The van der Waals surface area contributed by atoms with E-state index in [1.807, 2.05) is 32.9 Å². The molecular formula is C19H26N2O2S. The van der Waals surface area contributed by atoms with Crippen LogP contribution in [0, 0.1) is 6.92 Å². The Balaban J connectivity index is 2.46. The van der Waals surface area contributed by atoms with Gasteiger partial charge in [0.2, 0.25) is 0 Å². The second-order valence-electron chi connectivity index (χ2n) is 6.02. The van der Waals surface area contributed by atoms with Crippen molar-refractivity contribution in [1.29, 1.82) is 0 Å². The number of thioether (sulfide) groups is 1. The van der Waals surface area contributed by atoms with Gasteiger partial charge in [0.1, 0.15) is 5.75 Å². The van der Waals surface area contributed by atoms with Crippen molar-refractivity contribution in [2.75, 3.05) is 20.2 Å². The first kappa shape index (κ1) is 18.6. The van der Waals surface area contributed by atoms with E-state index in [2.05, 4.69) is 24.9 Å². The van der Waals surface area contributed by atoms with Crippen LogP contribution in [0.2, 0.25) is 0 Å². The molecule has 1 saturated heterocycles. The summed E-state index contributed by atoms with van der Waals surface area (Å²) in [5, 5.41) is 0.798. The summed E-state index contributed by atoms with van der Waals surface area (Å²) in [4.78, 5) is 19.5. The fourth-order valence-electron chi connectivity index (χ4n) is 2.68. The molecule has 1 fully saturated rings. The molecule has 1 amide bonds. The molecule has 0 bridgehead atoms. The van der Waals surface area contributed by atoms with E-state index in [1.165, 1.54) is 11.8 Å². The Morgan fingerprint density at radius 1 is 1.33 bits per heavy atom. The maximum Gasteiger partial charge on any atom is 0.266 e. The van der Waals surface area contributed by atoms with Gasteiger partial charge in [-0.25, -0.2) is 0 Å². The molecule has 0 atom stereocenters. The molecule has 1 aliphatic rings. The van der Waals surface area contributed by atoms with E-state index in [0.29, 0.717) is 19.0 Å². The average Bonchev–Trinajstić information content (AvgIpc) is 2.84. The summed E-state index contributed by atoms with van der Waals surface area (Å²) in [5.41, 5.74) is 3.31. The first-order valence-electron chi connectivity index (χ1n) is 8.37. The number of carbonyl (C=O) groups is 1. The van der Waals surface area contributed by atoms with Gasteiger partial charge < -0.3 is 4.74 Å². The van der Waals surface area contributed by atoms with Gasteiger partial charge in [0, 0.05) is 13.1 Å². The van der Waals surface area contributed by atoms with Crippen LogP contribution in [0.1, 0.15) is 50.3 Å². The normalized spacial score (nSPS) is 18.3. The van der Waals surface area contributed by atoms with Crippen LogP contribution in [0.3, 0.4) is 0 Å². The molecule has 0 unspecified atom stereocenters. The lowest BCUT2D eigenvalue weighted by atomic mass is 9.96. The first-order valence-corrected chi connectivity index (χ1v) is 9.18. The number of amides is 1. The topological polar surface area (TPSA) is 41.9 Å². The van der Waals surface area contributed by atoms with Crippen molar-refractivity contribution in [2.24, 2.45) is 4.99 Å². The van der Waals surface area contributed by atoms with Crippen LogP contribution in [-0.2, 0) is 4.79 Å². The molecule has 1 aliphatic heterocycles. The first-order chi connectivity index (χ1) is 11.4. The molecule has 5 heteroatoms. The van der Waals surface area contributed by atoms with E-state index in [0.717, 1.165) is 32.5 Å². The quantitative estimate of drug-likeness (QED) is 0.740. The number of hydrogen-bond donors (Lipinski definition) is 0. The average molecular weight is 346 g/mol. The van der Waals surface area contributed by atoms with E-state index in [9.17, 15) is 4.79 Å². The van der Waals surface area contributed by atoms with Crippen LogP contribution in [0.4, 0.5) is 0 Å². The van der Waals surface area contributed by atoms with Gasteiger partial charge >= 0.3 is 0 Å². The Labute approximate surface area is 149 Å². The Morgan fingerprint density at radius 3 is 2.58 bits per heavy atom. The highest BCUT2D eigenvalue weighted by Crippen LogP contribution is 2.35. The molecule has 24 heavy (non-hydrogen) atoms. The van der Waals surface area contributed by atoms with Crippen molar-refractivity contribution < 1.29 is 9.53 Å². The number of hydrogen-bond acceptors (Lipinski definition) is 4. The zero-order valence-corrected chi connectivity index (χ0v) is 16.2. The maximum atomic E-state index is 12.6. The fourth-order valence-corrected chi connectivity index (χ4v) is 3.78. The van der Waals surface area contributed by atoms with Gasteiger partial charge in [0.25, 0.3) is 5.91 Å². The van der Waals surface area contributed by atoms with E-state index in [1.54, 1.807) is 12.0 Å². The fraction of sp³-hybridized carbons (Fsp3) is 0.474. The Morgan fingerprint density at radius 2 is 2.04 bits per heavy atom. The second kappa shape index (κ2) is 7.88. The number of rotatable bonds is 5. The number of ether oxygens (including phenoxy) is 1. The number of methoxy groups -OCH3 is 1. The molecule has 0 spiro atoms. The highest BCUT2D eigenvalue weighted by Gasteiger charge is 2.32. The van der Waals surface area contributed by atoms with E-state index < -0.39 is 0 Å². The predicted octanol–water partition coefficient (Wildman–Crippen LogP) is 4.44. The molecule has 130 valence electrons. The third-order valence-corrected chi connectivity index (χ3v) is 5.07. The number of carbonyl (C=O) groups excluding carboxylic acids is 1. The highest BCUT2D eigenvalue weighted by atomic mass is 32.2. The minimum Gasteiger partial charge on any atom is -0.496 e. The summed E-state index contributed by atoms with van der Waals surface area (Å²) in [7, 11) is 1.70. The van der Waals surface area contributed by atoms with E-state index >= 15 is 0 Å². The van der Waals surface area contributed by atoms with Gasteiger partial charge in [0.15, 0.2) is 5.17 Å². The summed E-state index contributed by atoms with van der Waals surface area (Å²) in [6.07, 6.45) is 1.98. The van der Waals surface area contributed by atoms with Crippen LogP contribution in [0.5, 0.6) is 5.75 Å². The molecule has 0 saturated carbocycles. The molecule has 1 aromatic rings. The van der Waals surface area contributed by atoms with Gasteiger partial charge in [-0.1, -0.05) is 13.8 Å². The van der Waals surface area contributed by atoms with Crippen molar-refractivity contribution in [2.45, 2.75) is 40.5 Å². The SMILES string of the molecule is CCN=C1SC(=Cc2cc(C(C)C)c(OC)cc2C)C(=O)N1CC. The molecule has 4 nitrogen and oxygen atoms in total. The van der Waals surface area contributed by atoms with Crippen molar-refractivity contribution in [3.8, 4) is 5.75 Å². The van der Waals surface area contributed by atoms with E-state index in [-0.39, 0.29) is 5.91 Å². The van der Waals surface area contributed by atoms with Gasteiger partial charge in [0.05, 0.1) is 12.0 Å². The lowest BCUT2D eigenvalue weighted by Crippen LogP contribution is -2.28. The monoisotopic (exact) mass is 346 g/mol. The minimum atomic E-state index is 0.0380. The summed E-state index contributed by atoms with van der Waals surface area (Å²) in [5.74, 6) is 1.29. The molecule has 1 aromatic carbocycles. The summed E-state index contributed by atoms with van der Waals surface area (Å²) in [6.45, 7) is 11.6. The van der Waals surface area contributed by atoms with Crippen LogP contribution < -0.4 is 4.74 Å². The number of nitrogens with zero attached hydrogens (tertiary/aromatic N) is 2. The number of aliphatic imine (C=N–C) groups is 1. The third kappa shape index (κ3) is 3.66. The molecule has 1 heterocycles. The van der Waals surface area contributed by atoms with Gasteiger partial charge in [-0.3, -0.25) is 14.7 Å². The van der Waals surface area contributed by atoms with Crippen LogP contribution in [0.15, 0.2) is 22.0 Å². The molecular weight excluding hydrogens is 320 g/mol. The van der Waals surface area contributed by atoms with Crippen molar-refractivity contribution in [3.63, 3.8) is 0 Å². The number of aryl methyl sites for hydroxylation is 1. The number of benzene rings is 1. The predicted molar refractivity (Wildman–Crippen MR) is 103 cm³/mol. The highest BCUT2D eigenvalue weighted by molar-refractivity contribution is 8.18. The van der Waals surface area contributed by atoms with Crippen molar-refractivity contribution >= 4 is 28.9 Å². The zero-order chi connectivity index (χ0) is 17.9.